The van der Waals surface area contributed by atoms with Crippen molar-refractivity contribution in [1.82, 2.24) is 0 Å². The first-order valence-electron chi connectivity index (χ1n) is 11.0. The third kappa shape index (κ3) is 9.10. The number of para-hydroxylation sites is 1. The summed E-state index contributed by atoms with van der Waals surface area (Å²) in [5.41, 5.74) is -0.594. The SMILES string of the molecule is C=C(C)C(=O)Oc1c(C)occc1=O.CC.CC(=O)Oc1ccccc1C(=O)Oc1c(C)occc1=O. The molecule has 0 atom stereocenters. The second kappa shape index (κ2) is 14.6. The predicted octanol–water partition coefficient (Wildman–Crippen LogP) is 4.55. The molecule has 0 saturated heterocycles. The molecular formula is C27H28O10. The third-order valence-corrected chi connectivity index (χ3v) is 4.11. The summed E-state index contributed by atoms with van der Waals surface area (Å²) in [4.78, 5) is 57.1. The van der Waals surface area contributed by atoms with Crippen LogP contribution in [0.4, 0.5) is 0 Å². The van der Waals surface area contributed by atoms with Crippen molar-refractivity contribution in [2.45, 2.75) is 41.5 Å². The topological polar surface area (TPSA) is 139 Å². The van der Waals surface area contributed by atoms with Crippen molar-refractivity contribution < 1.29 is 37.4 Å². The number of carbonyl (C=O) groups excluding carboxylic acids is 3. The van der Waals surface area contributed by atoms with E-state index in [-0.39, 0.29) is 45.3 Å². The molecule has 0 N–H and O–H groups in total. The van der Waals surface area contributed by atoms with E-state index in [0.29, 0.717) is 0 Å². The summed E-state index contributed by atoms with van der Waals surface area (Å²) in [7, 11) is 0. The molecule has 10 nitrogen and oxygen atoms in total. The highest BCUT2D eigenvalue weighted by molar-refractivity contribution is 5.94. The maximum Gasteiger partial charge on any atom is 0.347 e. The normalized spacial score (nSPS) is 9.46. The van der Waals surface area contributed by atoms with Crippen LogP contribution in [0, 0.1) is 13.8 Å². The van der Waals surface area contributed by atoms with Gasteiger partial charge in [-0.3, -0.25) is 14.4 Å². The molecule has 0 radical (unpaired) electrons. The molecular weight excluding hydrogens is 484 g/mol. The zero-order valence-corrected chi connectivity index (χ0v) is 21.4. The van der Waals surface area contributed by atoms with Crippen LogP contribution in [-0.2, 0) is 9.59 Å². The second-order valence-corrected chi connectivity index (χ2v) is 6.99. The standard InChI is InChI=1S/C15H12O6.C10H10O4.C2H6/c1-9-14(12(17)7-8-19-9)21-15(18)11-5-3-4-6-13(11)20-10(2)16;1-6(2)10(12)14-9-7(3)13-5-4-8(9)11;1-2/h3-8H,1-2H3;4-5H,1H2,2-3H3;1-2H3. The first-order chi connectivity index (χ1) is 17.5. The maximum absolute atomic E-state index is 12.1. The second-order valence-electron chi connectivity index (χ2n) is 6.99. The van der Waals surface area contributed by atoms with E-state index in [0.717, 1.165) is 6.07 Å². The molecule has 0 amide bonds. The Bertz CT molecular complexity index is 1380. The van der Waals surface area contributed by atoms with E-state index >= 15 is 0 Å². The van der Waals surface area contributed by atoms with Crippen molar-refractivity contribution >= 4 is 17.9 Å². The smallest absolute Gasteiger partial charge is 0.347 e. The fraction of sp³-hybridized carbons (Fsp3) is 0.222. The van der Waals surface area contributed by atoms with Gasteiger partial charge in [0.2, 0.25) is 22.4 Å². The lowest BCUT2D eigenvalue weighted by molar-refractivity contribution is -0.132. The largest absolute Gasteiger partial charge is 0.465 e. The number of ether oxygens (including phenoxy) is 3. The van der Waals surface area contributed by atoms with Gasteiger partial charge >= 0.3 is 17.9 Å². The summed E-state index contributed by atoms with van der Waals surface area (Å²) < 4.78 is 24.7. The Morgan fingerprint density at radius 1 is 0.757 bits per heavy atom. The molecule has 0 aliphatic heterocycles. The van der Waals surface area contributed by atoms with Gasteiger partial charge in [-0.2, -0.15) is 0 Å². The van der Waals surface area contributed by atoms with Crippen molar-refractivity contribution in [2.24, 2.45) is 0 Å². The summed E-state index contributed by atoms with van der Waals surface area (Å²) in [6.45, 7) is 13.2. The van der Waals surface area contributed by atoms with E-state index < -0.39 is 23.3 Å². The predicted molar refractivity (Wildman–Crippen MR) is 134 cm³/mol. The number of hydrogen-bond donors (Lipinski definition) is 0. The molecule has 0 bridgehead atoms. The Morgan fingerprint density at radius 2 is 1.24 bits per heavy atom. The highest BCUT2D eigenvalue weighted by Crippen LogP contribution is 2.21. The van der Waals surface area contributed by atoms with Gasteiger partial charge in [-0.1, -0.05) is 32.6 Å². The molecule has 0 unspecified atom stereocenters. The molecule has 196 valence electrons. The summed E-state index contributed by atoms with van der Waals surface area (Å²) in [6, 6.07) is 8.42. The molecule has 2 heterocycles. The Labute approximate surface area is 213 Å². The van der Waals surface area contributed by atoms with Crippen LogP contribution in [0.1, 0.15) is 49.6 Å². The van der Waals surface area contributed by atoms with Crippen molar-refractivity contribution in [2.75, 3.05) is 0 Å². The van der Waals surface area contributed by atoms with E-state index in [1.54, 1.807) is 19.1 Å². The van der Waals surface area contributed by atoms with Crippen LogP contribution >= 0.6 is 0 Å². The zero-order chi connectivity index (χ0) is 28.1. The van der Waals surface area contributed by atoms with Crippen LogP contribution in [0.2, 0.25) is 0 Å². The van der Waals surface area contributed by atoms with Gasteiger partial charge in [0.25, 0.3) is 0 Å². The van der Waals surface area contributed by atoms with E-state index in [1.807, 2.05) is 13.8 Å². The average Bonchev–Trinajstić information content (AvgIpc) is 2.85. The van der Waals surface area contributed by atoms with Crippen LogP contribution in [0.3, 0.4) is 0 Å². The zero-order valence-electron chi connectivity index (χ0n) is 21.4. The Kier molecular flexibility index (Phi) is 12.0. The monoisotopic (exact) mass is 512 g/mol. The number of esters is 3. The molecule has 10 heteroatoms. The highest BCUT2D eigenvalue weighted by Gasteiger charge is 2.19. The number of rotatable bonds is 5. The first-order valence-corrected chi connectivity index (χ1v) is 11.0. The van der Waals surface area contributed by atoms with Gasteiger partial charge in [0.05, 0.1) is 12.5 Å². The van der Waals surface area contributed by atoms with E-state index in [1.165, 1.54) is 51.5 Å². The number of hydrogen-bond acceptors (Lipinski definition) is 10. The highest BCUT2D eigenvalue weighted by atomic mass is 16.6. The van der Waals surface area contributed by atoms with Crippen LogP contribution in [0.25, 0.3) is 0 Å². The first kappa shape index (κ1) is 30.3. The molecule has 0 aliphatic rings. The molecule has 0 saturated carbocycles. The van der Waals surface area contributed by atoms with Crippen molar-refractivity contribution in [3.63, 3.8) is 0 Å². The van der Waals surface area contributed by atoms with Crippen molar-refractivity contribution in [1.29, 1.82) is 0 Å². The molecule has 0 fully saturated rings. The fourth-order valence-electron chi connectivity index (χ4n) is 2.45. The van der Waals surface area contributed by atoms with Gasteiger partial charge in [-0.25, -0.2) is 9.59 Å². The maximum atomic E-state index is 12.1. The molecule has 37 heavy (non-hydrogen) atoms. The van der Waals surface area contributed by atoms with Gasteiger partial charge in [0, 0.05) is 24.6 Å². The number of aryl methyl sites for hydroxylation is 2. The Hall–Kier alpha value is -4.73. The molecule has 2 aromatic heterocycles. The average molecular weight is 513 g/mol. The minimum absolute atomic E-state index is 0.0374. The fourth-order valence-corrected chi connectivity index (χ4v) is 2.45. The summed E-state index contributed by atoms with van der Waals surface area (Å²) >= 11 is 0. The molecule has 0 spiro atoms. The minimum Gasteiger partial charge on any atom is -0.465 e. The summed E-state index contributed by atoms with van der Waals surface area (Å²) in [5.74, 6) is -1.77. The van der Waals surface area contributed by atoms with E-state index in [4.69, 9.17) is 23.0 Å². The molecule has 3 rings (SSSR count). The summed E-state index contributed by atoms with van der Waals surface area (Å²) in [6.07, 6.45) is 2.46. The van der Waals surface area contributed by atoms with Crippen molar-refractivity contribution in [3.05, 3.63) is 98.6 Å². The number of benzene rings is 1. The van der Waals surface area contributed by atoms with Crippen LogP contribution < -0.4 is 25.1 Å². The quantitative estimate of drug-likeness (QED) is 0.272. The lowest BCUT2D eigenvalue weighted by atomic mass is 10.2. The Balaban J connectivity index is 0.000000372. The molecule has 1 aromatic carbocycles. The van der Waals surface area contributed by atoms with Crippen LogP contribution in [0.5, 0.6) is 17.2 Å². The number of carbonyl (C=O) groups is 3. The lowest BCUT2D eigenvalue weighted by Gasteiger charge is -2.09. The van der Waals surface area contributed by atoms with Gasteiger partial charge < -0.3 is 23.0 Å². The van der Waals surface area contributed by atoms with Gasteiger partial charge in [0.1, 0.15) is 22.8 Å². The van der Waals surface area contributed by atoms with E-state index in [2.05, 4.69) is 6.58 Å². The van der Waals surface area contributed by atoms with Crippen LogP contribution in [-0.4, -0.2) is 17.9 Å². The van der Waals surface area contributed by atoms with Crippen LogP contribution in [0.15, 0.2) is 79.5 Å². The summed E-state index contributed by atoms with van der Waals surface area (Å²) in [5, 5.41) is 0. The molecule has 3 aromatic rings. The van der Waals surface area contributed by atoms with E-state index in [9.17, 15) is 24.0 Å². The van der Waals surface area contributed by atoms with Gasteiger partial charge in [-0.15, -0.1) is 0 Å². The molecule has 0 aliphatic carbocycles. The minimum atomic E-state index is -0.812. The van der Waals surface area contributed by atoms with Gasteiger partial charge in [0.15, 0.2) is 0 Å². The third-order valence-electron chi connectivity index (χ3n) is 4.11. The van der Waals surface area contributed by atoms with Gasteiger partial charge in [-0.05, 0) is 32.9 Å². The lowest BCUT2D eigenvalue weighted by Crippen LogP contribution is -2.17. The Morgan fingerprint density at radius 3 is 1.70 bits per heavy atom. The van der Waals surface area contributed by atoms with Crippen molar-refractivity contribution in [3.8, 4) is 17.2 Å².